The summed E-state index contributed by atoms with van der Waals surface area (Å²) in [4.78, 5) is 18.5. The highest BCUT2D eigenvalue weighted by atomic mass is 79.9. The molecule has 90 valence electrons. The average Bonchev–Trinajstić information content (AvgIpc) is 2.58. The van der Waals surface area contributed by atoms with Gasteiger partial charge in [-0.15, -0.1) is 5.10 Å². The van der Waals surface area contributed by atoms with Crippen LogP contribution in [0.25, 0.3) is 5.82 Å². The molecule has 0 spiro atoms. The Labute approximate surface area is 106 Å². The number of halogens is 1. The molecular weight excluding hydrogens is 286 g/mol. The van der Waals surface area contributed by atoms with Crippen molar-refractivity contribution < 1.29 is 0 Å². The number of nitrogen functional groups attached to an aromatic ring is 1. The van der Waals surface area contributed by atoms with Gasteiger partial charge in [-0.3, -0.25) is 4.79 Å². The van der Waals surface area contributed by atoms with Gasteiger partial charge in [0.15, 0.2) is 11.6 Å². The van der Waals surface area contributed by atoms with E-state index in [9.17, 15) is 4.79 Å². The first-order valence-corrected chi connectivity index (χ1v) is 5.89. The molecule has 0 atom stereocenters. The van der Waals surface area contributed by atoms with Gasteiger partial charge in [-0.2, -0.15) is 0 Å². The molecular formula is C10H12BrN5O. The lowest BCUT2D eigenvalue weighted by atomic mass is 10.2. The number of rotatable bonds is 2. The van der Waals surface area contributed by atoms with Crippen LogP contribution in [0.4, 0.5) is 5.82 Å². The van der Waals surface area contributed by atoms with Gasteiger partial charge in [0.2, 0.25) is 0 Å². The van der Waals surface area contributed by atoms with E-state index >= 15 is 0 Å². The second-order valence-corrected chi connectivity index (χ2v) is 4.80. The molecule has 2 heterocycles. The first-order chi connectivity index (χ1) is 7.97. The molecule has 2 aromatic rings. The summed E-state index contributed by atoms with van der Waals surface area (Å²) in [5.41, 5.74) is 5.42. The van der Waals surface area contributed by atoms with Crippen LogP contribution in [0.2, 0.25) is 0 Å². The largest absolute Gasteiger partial charge is 0.381 e. The van der Waals surface area contributed by atoms with Crippen LogP contribution in [0.15, 0.2) is 21.5 Å². The summed E-state index contributed by atoms with van der Waals surface area (Å²) in [6.45, 7) is 3.91. The summed E-state index contributed by atoms with van der Waals surface area (Å²) in [6, 6.07) is 1.38. The normalized spacial score (nSPS) is 11.1. The quantitative estimate of drug-likeness (QED) is 0.877. The van der Waals surface area contributed by atoms with E-state index in [1.54, 1.807) is 6.20 Å². The molecule has 7 heteroatoms. The summed E-state index contributed by atoms with van der Waals surface area (Å²) in [6.07, 6.45) is 1.67. The maximum absolute atomic E-state index is 11.5. The first kappa shape index (κ1) is 11.8. The van der Waals surface area contributed by atoms with Gasteiger partial charge in [0.05, 0.1) is 4.47 Å². The van der Waals surface area contributed by atoms with Crippen LogP contribution in [0.3, 0.4) is 0 Å². The lowest BCUT2D eigenvalue weighted by molar-refractivity contribution is 0.739. The van der Waals surface area contributed by atoms with Crippen LogP contribution < -0.4 is 11.3 Å². The Bertz CT molecular complexity index is 581. The summed E-state index contributed by atoms with van der Waals surface area (Å²) in [5.74, 6) is 1.57. The zero-order valence-corrected chi connectivity index (χ0v) is 11.0. The van der Waals surface area contributed by atoms with E-state index in [0.717, 1.165) is 0 Å². The number of H-pyrrole nitrogens is 1. The standard InChI is InChI=1S/C10H12BrN5O/c1-5(2)10-13-7(3-8(17)14-10)16-4-6(11)9(12)15-16/h3-5H,1-2H3,(H2,12,15)(H,13,14,17). The number of nitrogens with one attached hydrogen (secondary N) is 1. The minimum absolute atomic E-state index is 0.138. The summed E-state index contributed by atoms with van der Waals surface area (Å²) < 4.78 is 2.14. The Morgan fingerprint density at radius 1 is 1.53 bits per heavy atom. The highest BCUT2D eigenvalue weighted by molar-refractivity contribution is 9.10. The van der Waals surface area contributed by atoms with Gasteiger partial charge in [0, 0.05) is 18.2 Å². The average molecular weight is 298 g/mol. The van der Waals surface area contributed by atoms with Crippen molar-refractivity contribution in [2.45, 2.75) is 19.8 Å². The highest BCUT2D eigenvalue weighted by Crippen LogP contribution is 2.18. The fourth-order valence-corrected chi connectivity index (χ4v) is 1.61. The minimum Gasteiger partial charge on any atom is -0.381 e. The van der Waals surface area contributed by atoms with E-state index in [4.69, 9.17) is 5.73 Å². The smallest absolute Gasteiger partial charge is 0.253 e. The van der Waals surface area contributed by atoms with E-state index in [1.807, 2.05) is 13.8 Å². The van der Waals surface area contributed by atoms with Crippen LogP contribution in [-0.4, -0.2) is 19.7 Å². The van der Waals surface area contributed by atoms with Gasteiger partial charge in [0.25, 0.3) is 5.56 Å². The van der Waals surface area contributed by atoms with E-state index in [1.165, 1.54) is 10.7 Å². The minimum atomic E-state index is -0.205. The fraction of sp³-hybridized carbons (Fsp3) is 0.300. The number of anilines is 1. The van der Waals surface area contributed by atoms with Crippen molar-refractivity contribution in [1.82, 2.24) is 19.7 Å². The van der Waals surface area contributed by atoms with Crippen LogP contribution in [-0.2, 0) is 0 Å². The van der Waals surface area contributed by atoms with E-state index in [0.29, 0.717) is 21.9 Å². The molecule has 3 N–H and O–H groups in total. The number of hydrogen-bond acceptors (Lipinski definition) is 4. The summed E-state index contributed by atoms with van der Waals surface area (Å²) in [7, 11) is 0. The molecule has 0 amide bonds. The van der Waals surface area contributed by atoms with Crippen molar-refractivity contribution in [3.8, 4) is 5.82 Å². The highest BCUT2D eigenvalue weighted by Gasteiger charge is 2.09. The molecule has 0 aliphatic rings. The van der Waals surface area contributed by atoms with Gasteiger partial charge in [-0.05, 0) is 15.9 Å². The van der Waals surface area contributed by atoms with Crippen LogP contribution >= 0.6 is 15.9 Å². The Morgan fingerprint density at radius 3 is 2.76 bits per heavy atom. The van der Waals surface area contributed by atoms with Gasteiger partial charge < -0.3 is 10.7 Å². The van der Waals surface area contributed by atoms with Crippen molar-refractivity contribution in [2.24, 2.45) is 0 Å². The summed E-state index contributed by atoms with van der Waals surface area (Å²) in [5, 5.41) is 4.05. The number of aromatic amines is 1. The van der Waals surface area contributed by atoms with Crippen molar-refractivity contribution >= 4 is 21.7 Å². The third-order valence-electron chi connectivity index (χ3n) is 2.22. The first-order valence-electron chi connectivity index (χ1n) is 5.09. The number of hydrogen-bond donors (Lipinski definition) is 2. The second kappa shape index (κ2) is 4.33. The maximum atomic E-state index is 11.5. The number of aromatic nitrogens is 4. The molecule has 0 aliphatic heterocycles. The molecule has 0 unspecified atom stereocenters. The van der Waals surface area contributed by atoms with Crippen LogP contribution in [0.5, 0.6) is 0 Å². The van der Waals surface area contributed by atoms with Gasteiger partial charge >= 0.3 is 0 Å². The molecule has 2 aromatic heterocycles. The van der Waals surface area contributed by atoms with E-state index in [-0.39, 0.29) is 11.5 Å². The second-order valence-electron chi connectivity index (χ2n) is 3.95. The van der Waals surface area contributed by atoms with Gasteiger partial charge in [0.1, 0.15) is 5.82 Å². The van der Waals surface area contributed by atoms with Gasteiger partial charge in [-0.25, -0.2) is 9.67 Å². The molecule has 0 saturated carbocycles. The van der Waals surface area contributed by atoms with E-state index < -0.39 is 0 Å². The third kappa shape index (κ3) is 2.38. The lowest BCUT2D eigenvalue weighted by Gasteiger charge is -2.06. The third-order valence-corrected chi connectivity index (χ3v) is 2.83. The SMILES string of the molecule is CC(C)c1nc(-n2cc(Br)c(N)n2)cc(=O)[nH]1. The number of nitrogens with zero attached hydrogens (tertiary/aromatic N) is 3. The molecule has 0 bridgehead atoms. The molecule has 2 rings (SSSR count). The summed E-state index contributed by atoms with van der Waals surface area (Å²) >= 11 is 3.26. The Balaban J connectivity index is 2.55. The maximum Gasteiger partial charge on any atom is 0.253 e. The van der Waals surface area contributed by atoms with Crippen molar-refractivity contribution in [3.05, 3.63) is 32.9 Å². The molecule has 6 nitrogen and oxygen atoms in total. The van der Waals surface area contributed by atoms with Gasteiger partial charge in [-0.1, -0.05) is 13.8 Å². The monoisotopic (exact) mass is 297 g/mol. The Hall–Kier alpha value is -1.63. The van der Waals surface area contributed by atoms with E-state index in [2.05, 4.69) is 31.0 Å². The van der Waals surface area contributed by atoms with Crippen LogP contribution in [0, 0.1) is 0 Å². The molecule has 17 heavy (non-hydrogen) atoms. The molecule has 0 fully saturated rings. The predicted molar refractivity (Wildman–Crippen MR) is 68.2 cm³/mol. The molecule has 0 radical (unpaired) electrons. The Morgan fingerprint density at radius 2 is 2.24 bits per heavy atom. The number of nitrogens with two attached hydrogens (primary N) is 1. The fourth-order valence-electron chi connectivity index (χ4n) is 1.34. The predicted octanol–water partition coefficient (Wildman–Crippen LogP) is 1.42. The zero-order chi connectivity index (χ0) is 12.6. The Kier molecular flexibility index (Phi) is 3.01. The topological polar surface area (TPSA) is 89.6 Å². The molecule has 0 saturated heterocycles. The van der Waals surface area contributed by atoms with Crippen LogP contribution in [0.1, 0.15) is 25.6 Å². The lowest BCUT2D eigenvalue weighted by Crippen LogP contribution is -2.15. The zero-order valence-electron chi connectivity index (χ0n) is 9.44. The van der Waals surface area contributed by atoms with Crippen molar-refractivity contribution in [2.75, 3.05) is 5.73 Å². The molecule has 0 aliphatic carbocycles. The molecule has 0 aromatic carbocycles. The van der Waals surface area contributed by atoms with Crippen molar-refractivity contribution in [1.29, 1.82) is 0 Å². The van der Waals surface area contributed by atoms with Crippen molar-refractivity contribution in [3.63, 3.8) is 0 Å².